The number of hydrogen-bond acceptors (Lipinski definition) is 3. The summed E-state index contributed by atoms with van der Waals surface area (Å²) in [6, 6.07) is 28.9. The van der Waals surface area contributed by atoms with Gasteiger partial charge in [-0.05, 0) is 35.7 Å². The lowest BCUT2D eigenvalue weighted by Gasteiger charge is -2.36. The molecule has 0 bridgehead atoms. The van der Waals surface area contributed by atoms with Crippen molar-refractivity contribution in [3.8, 4) is 5.75 Å². The molecule has 1 N–H and O–H groups in total. The van der Waals surface area contributed by atoms with Crippen LogP contribution in [0.1, 0.15) is 35.7 Å². The van der Waals surface area contributed by atoms with Gasteiger partial charge in [-0.15, -0.1) is 0 Å². The van der Waals surface area contributed by atoms with E-state index in [1.165, 1.54) is 11.1 Å². The van der Waals surface area contributed by atoms with Crippen LogP contribution in [0.2, 0.25) is 0 Å². The molecule has 3 rings (SSSR count). The summed E-state index contributed by atoms with van der Waals surface area (Å²) < 4.78 is 5.28. The van der Waals surface area contributed by atoms with Crippen LogP contribution in [0.4, 0.5) is 0 Å². The number of benzene rings is 3. The van der Waals surface area contributed by atoms with Crippen molar-refractivity contribution >= 4 is 0 Å². The molecule has 0 aromatic heterocycles. The molecular weight excluding hydrogens is 334 g/mol. The molecule has 3 heteroatoms. The van der Waals surface area contributed by atoms with E-state index in [2.05, 4.69) is 60.4 Å². The van der Waals surface area contributed by atoms with E-state index in [1.807, 2.05) is 36.4 Å². The first kappa shape index (κ1) is 19.2. The van der Waals surface area contributed by atoms with Crippen LogP contribution >= 0.6 is 0 Å². The Morgan fingerprint density at radius 2 is 1.37 bits per heavy atom. The summed E-state index contributed by atoms with van der Waals surface area (Å²) >= 11 is 0. The van der Waals surface area contributed by atoms with E-state index in [9.17, 15) is 5.11 Å². The van der Waals surface area contributed by atoms with Gasteiger partial charge < -0.3 is 9.84 Å². The fourth-order valence-electron chi connectivity index (χ4n) is 3.46. The number of nitrogens with zero attached hydrogens (tertiary/aromatic N) is 1. The Kier molecular flexibility index (Phi) is 6.64. The van der Waals surface area contributed by atoms with Gasteiger partial charge in [-0.3, -0.25) is 4.90 Å². The highest BCUT2D eigenvalue weighted by molar-refractivity contribution is 5.28. The Bertz CT molecular complexity index is 803. The molecule has 2 atom stereocenters. The molecule has 0 aliphatic carbocycles. The molecule has 3 aromatic carbocycles. The van der Waals surface area contributed by atoms with Gasteiger partial charge in [-0.25, -0.2) is 0 Å². The van der Waals surface area contributed by atoms with Crippen LogP contribution in [0, 0.1) is 0 Å². The van der Waals surface area contributed by atoms with Gasteiger partial charge in [0.1, 0.15) is 5.75 Å². The van der Waals surface area contributed by atoms with Crippen molar-refractivity contribution in [2.75, 3.05) is 13.7 Å². The largest absolute Gasteiger partial charge is 0.497 e. The first-order valence-corrected chi connectivity index (χ1v) is 9.32. The Balaban J connectivity index is 1.94. The summed E-state index contributed by atoms with van der Waals surface area (Å²) in [6.07, 6.45) is 0. The van der Waals surface area contributed by atoms with Crippen LogP contribution in [-0.2, 0) is 6.54 Å². The molecule has 0 aliphatic heterocycles. The van der Waals surface area contributed by atoms with Crippen molar-refractivity contribution in [2.24, 2.45) is 0 Å². The van der Waals surface area contributed by atoms with E-state index in [0.717, 1.165) is 17.9 Å². The smallest absolute Gasteiger partial charge is 0.118 e. The molecule has 0 saturated heterocycles. The number of aliphatic hydroxyl groups is 1. The Morgan fingerprint density at radius 3 is 1.89 bits per heavy atom. The van der Waals surface area contributed by atoms with Crippen LogP contribution in [0.5, 0.6) is 5.75 Å². The van der Waals surface area contributed by atoms with E-state index >= 15 is 0 Å². The van der Waals surface area contributed by atoms with E-state index in [1.54, 1.807) is 7.11 Å². The number of ether oxygens (including phenoxy) is 1. The lowest BCUT2D eigenvalue weighted by Crippen LogP contribution is -2.33. The predicted molar refractivity (Wildman–Crippen MR) is 110 cm³/mol. The average Bonchev–Trinajstić information content (AvgIpc) is 2.75. The molecule has 140 valence electrons. The van der Waals surface area contributed by atoms with Gasteiger partial charge in [0.05, 0.1) is 19.8 Å². The topological polar surface area (TPSA) is 32.7 Å². The summed E-state index contributed by atoms with van der Waals surface area (Å²) in [5.74, 6) is 0.850. The van der Waals surface area contributed by atoms with Gasteiger partial charge in [0.25, 0.3) is 0 Å². The van der Waals surface area contributed by atoms with Crippen molar-refractivity contribution in [1.82, 2.24) is 4.90 Å². The van der Waals surface area contributed by atoms with Crippen LogP contribution in [0.25, 0.3) is 0 Å². The fraction of sp³-hybridized carbons (Fsp3) is 0.250. The minimum absolute atomic E-state index is 0.0668. The van der Waals surface area contributed by atoms with Gasteiger partial charge >= 0.3 is 0 Å². The zero-order chi connectivity index (χ0) is 19.1. The third-order valence-electron chi connectivity index (χ3n) is 5.06. The Morgan fingerprint density at radius 1 is 0.815 bits per heavy atom. The van der Waals surface area contributed by atoms with Crippen molar-refractivity contribution in [2.45, 2.75) is 25.6 Å². The van der Waals surface area contributed by atoms with Crippen LogP contribution in [0.3, 0.4) is 0 Å². The number of hydrogen-bond donors (Lipinski definition) is 1. The second-order valence-corrected chi connectivity index (χ2v) is 6.72. The molecule has 0 amide bonds. The van der Waals surface area contributed by atoms with Crippen LogP contribution in [-0.4, -0.2) is 23.7 Å². The maximum atomic E-state index is 10.2. The maximum Gasteiger partial charge on any atom is 0.118 e. The van der Waals surface area contributed by atoms with Crippen molar-refractivity contribution in [3.63, 3.8) is 0 Å². The molecule has 0 unspecified atom stereocenters. The molecule has 0 radical (unpaired) electrons. The molecule has 3 nitrogen and oxygen atoms in total. The molecule has 0 saturated carbocycles. The molecule has 0 heterocycles. The van der Waals surface area contributed by atoms with E-state index in [0.29, 0.717) is 0 Å². The van der Waals surface area contributed by atoms with Crippen molar-refractivity contribution in [1.29, 1.82) is 0 Å². The highest BCUT2D eigenvalue weighted by Gasteiger charge is 2.25. The van der Waals surface area contributed by atoms with E-state index in [-0.39, 0.29) is 18.7 Å². The minimum Gasteiger partial charge on any atom is -0.497 e. The van der Waals surface area contributed by atoms with Gasteiger partial charge in [0.2, 0.25) is 0 Å². The van der Waals surface area contributed by atoms with Gasteiger partial charge in [0.15, 0.2) is 0 Å². The molecule has 0 fully saturated rings. The first-order valence-electron chi connectivity index (χ1n) is 9.32. The monoisotopic (exact) mass is 361 g/mol. The lowest BCUT2D eigenvalue weighted by molar-refractivity contribution is 0.0811. The molecule has 3 aromatic rings. The summed E-state index contributed by atoms with van der Waals surface area (Å²) in [6.45, 7) is 3.00. The van der Waals surface area contributed by atoms with E-state index in [4.69, 9.17) is 4.74 Å². The molecule has 0 aliphatic rings. The third kappa shape index (κ3) is 4.76. The molecular formula is C24H27NO2. The number of rotatable bonds is 8. The molecule has 0 spiro atoms. The normalized spacial score (nSPS) is 13.3. The summed E-state index contributed by atoms with van der Waals surface area (Å²) in [7, 11) is 1.68. The second kappa shape index (κ2) is 9.36. The van der Waals surface area contributed by atoms with Crippen molar-refractivity contribution in [3.05, 3.63) is 102 Å². The zero-order valence-electron chi connectivity index (χ0n) is 16.0. The van der Waals surface area contributed by atoms with Crippen molar-refractivity contribution < 1.29 is 9.84 Å². The minimum atomic E-state index is -0.0801. The standard InChI is InChI=1S/C24H27NO2/c1-19(21-9-5-3-6-10-21)25(17-20-13-15-23(27-2)16-14-20)24(18-26)22-11-7-4-8-12-22/h3-16,19,24,26H,17-18H2,1-2H3/t19-,24-/m0/s1. The summed E-state index contributed by atoms with van der Waals surface area (Å²) in [4.78, 5) is 2.35. The highest BCUT2D eigenvalue weighted by Crippen LogP contribution is 2.32. The Hall–Kier alpha value is -2.62. The quantitative estimate of drug-likeness (QED) is 0.613. The highest BCUT2D eigenvalue weighted by atomic mass is 16.5. The zero-order valence-corrected chi connectivity index (χ0v) is 16.0. The third-order valence-corrected chi connectivity index (χ3v) is 5.06. The van der Waals surface area contributed by atoms with Crippen LogP contribution < -0.4 is 4.74 Å². The lowest BCUT2D eigenvalue weighted by atomic mass is 9.99. The first-order chi connectivity index (χ1) is 13.2. The fourth-order valence-corrected chi connectivity index (χ4v) is 3.46. The SMILES string of the molecule is COc1ccc(CN([C@@H](C)c2ccccc2)[C@@H](CO)c2ccccc2)cc1. The Labute approximate surface area is 161 Å². The molecule has 27 heavy (non-hydrogen) atoms. The van der Waals surface area contributed by atoms with E-state index < -0.39 is 0 Å². The number of methoxy groups -OCH3 is 1. The van der Waals surface area contributed by atoms with Gasteiger partial charge in [-0.1, -0.05) is 72.8 Å². The predicted octanol–water partition coefficient (Wildman–Crippen LogP) is 4.99. The van der Waals surface area contributed by atoms with Gasteiger partial charge in [0, 0.05) is 12.6 Å². The second-order valence-electron chi connectivity index (χ2n) is 6.72. The van der Waals surface area contributed by atoms with Crippen LogP contribution in [0.15, 0.2) is 84.9 Å². The summed E-state index contributed by atoms with van der Waals surface area (Å²) in [5.41, 5.74) is 3.55. The average molecular weight is 361 g/mol. The van der Waals surface area contributed by atoms with Gasteiger partial charge in [-0.2, -0.15) is 0 Å². The number of aliphatic hydroxyl groups excluding tert-OH is 1. The summed E-state index contributed by atoms with van der Waals surface area (Å²) in [5, 5.41) is 10.2. The maximum absolute atomic E-state index is 10.2.